The molecule has 2 N–H and O–H groups in total. The zero-order valence-electron chi connectivity index (χ0n) is 15.3. The van der Waals surface area contributed by atoms with E-state index < -0.39 is 0 Å². The molecule has 1 saturated heterocycles. The van der Waals surface area contributed by atoms with E-state index in [0.717, 1.165) is 42.1 Å². The quantitative estimate of drug-likeness (QED) is 0.394. The Bertz CT molecular complexity index is 814. The number of benzene rings is 2. The first-order valence-corrected chi connectivity index (χ1v) is 10.8. The van der Waals surface area contributed by atoms with Crippen molar-refractivity contribution >= 4 is 52.3 Å². The molecule has 2 aromatic carbocycles. The minimum atomic E-state index is -0.281. The number of hydrazine groups is 1. The molecule has 0 aromatic heterocycles. The summed E-state index contributed by atoms with van der Waals surface area (Å²) in [5, 5.41) is 6.38. The van der Waals surface area contributed by atoms with E-state index in [1.165, 1.54) is 11.8 Å². The number of carbonyl (C=O) groups excluding carboxylic acids is 1. The summed E-state index contributed by atoms with van der Waals surface area (Å²) in [6, 6.07) is 15.2. The Hall–Kier alpha value is -1.80. The number of hydrogen-bond acceptors (Lipinski definition) is 5. The molecule has 0 aliphatic carbocycles. The fraction of sp³-hybridized carbons (Fsp3) is 0.300. The molecule has 8 heteroatoms. The van der Waals surface area contributed by atoms with Crippen LogP contribution in [0.15, 0.2) is 53.4 Å². The van der Waals surface area contributed by atoms with Crippen LogP contribution in [0.2, 0.25) is 5.02 Å². The van der Waals surface area contributed by atoms with Crippen LogP contribution >= 0.6 is 35.6 Å². The van der Waals surface area contributed by atoms with E-state index in [4.69, 9.17) is 28.6 Å². The van der Waals surface area contributed by atoms with E-state index >= 15 is 0 Å². The highest BCUT2D eigenvalue weighted by Crippen LogP contribution is 2.30. The second-order valence-corrected chi connectivity index (χ2v) is 8.09. The maximum atomic E-state index is 12.0. The minimum absolute atomic E-state index is 0.189. The van der Waals surface area contributed by atoms with Crippen LogP contribution in [0.1, 0.15) is 18.4 Å². The number of anilines is 1. The average molecular weight is 436 g/mol. The van der Waals surface area contributed by atoms with E-state index in [1.807, 2.05) is 47.5 Å². The lowest BCUT2D eigenvalue weighted by Gasteiger charge is -2.30. The molecule has 0 bridgehead atoms. The van der Waals surface area contributed by atoms with Crippen LogP contribution in [0.25, 0.3) is 0 Å². The number of ether oxygens (including phenoxy) is 1. The molecule has 0 atom stereocenters. The summed E-state index contributed by atoms with van der Waals surface area (Å²) >= 11 is 13.1. The third-order valence-electron chi connectivity index (χ3n) is 4.13. The van der Waals surface area contributed by atoms with Crippen LogP contribution < -0.4 is 10.7 Å². The van der Waals surface area contributed by atoms with Gasteiger partial charge in [-0.15, -0.1) is 11.8 Å². The lowest BCUT2D eigenvalue weighted by Crippen LogP contribution is -2.48. The molecule has 0 spiro atoms. The monoisotopic (exact) mass is 435 g/mol. The number of hydrogen-bond donors (Lipinski definition) is 2. The van der Waals surface area contributed by atoms with Crippen molar-refractivity contribution in [3.8, 4) is 0 Å². The van der Waals surface area contributed by atoms with Crippen molar-refractivity contribution in [2.75, 3.05) is 24.2 Å². The predicted octanol–water partition coefficient (Wildman–Crippen LogP) is 4.47. The Morgan fingerprint density at radius 1 is 1.25 bits per heavy atom. The van der Waals surface area contributed by atoms with Crippen LogP contribution in [-0.2, 0) is 16.1 Å². The maximum absolute atomic E-state index is 12.0. The van der Waals surface area contributed by atoms with Crippen LogP contribution in [0.3, 0.4) is 0 Å². The number of carbonyl (C=O) groups is 1. The van der Waals surface area contributed by atoms with Crippen LogP contribution in [0.4, 0.5) is 5.69 Å². The van der Waals surface area contributed by atoms with E-state index in [2.05, 4.69) is 10.7 Å². The van der Waals surface area contributed by atoms with Gasteiger partial charge in [0, 0.05) is 23.7 Å². The van der Waals surface area contributed by atoms with E-state index in [1.54, 1.807) is 6.07 Å². The zero-order chi connectivity index (χ0) is 19.8. The summed E-state index contributed by atoms with van der Waals surface area (Å²) < 4.78 is 5.31. The first kappa shape index (κ1) is 20.9. The topological polar surface area (TPSA) is 53.6 Å². The van der Waals surface area contributed by atoms with E-state index in [9.17, 15) is 4.79 Å². The number of rotatable bonds is 6. The summed E-state index contributed by atoms with van der Waals surface area (Å²) in [4.78, 5) is 12.8. The molecule has 5 nitrogen and oxygen atoms in total. The predicted molar refractivity (Wildman–Crippen MR) is 119 cm³/mol. The smallest absolute Gasteiger partial charge is 0.316 e. The molecular formula is C20H22ClN3O2S2. The van der Waals surface area contributed by atoms with E-state index in [0.29, 0.717) is 10.1 Å². The molecule has 1 heterocycles. The normalized spacial score (nSPS) is 13.8. The Kier molecular flexibility index (Phi) is 7.97. The van der Waals surface area contributed by atoms with Gasteiger partial charge in [0.1, 0.15) is 6.61 Å². The van der Waals surface area contributed by atoms with Gasteiger partial charge in [-0.25, -0.2) is 5.43 Å². The van der Waals surface area contributed by atoms with Gasteiger partial charge in [0.25, 0.3) is 0 Å². The minimum Gasteiger partial charge on any atom is -0.460 e. The molecule has 1 aliphatic rings. The lowest BCUT2D eigenvalue weighted by atomic mass is 10.2. The van der Waals surface area contributed by atoms with Gasteiger partial charge in [0.15, 0.2) is 5.11 Å². The van der Waals surface area contributed by atoms with Crippen LogP contribution in [0.5, 0.6) is 0 Å². The van der Waals surface area contributed by atoms with Crippen molar-refractivity contribution < 1.29 is 9.53 Å². The number of thiocarbonyl (C=S) groups is 1. The first-order valence-electron chi connectivity index (χ1n) is 9.06. The van der Waals surface area contributed by atoms with Crippen molar-refractivity contribution in [1.82, 2.24) is 10.4 Å². The van der Waals surface area contributed by atoms with Crippen molar-refractivity contribution in [3.63, 3.8) is 0 Å². The zero-order valence-corrected chi connectivity index (χ0v) is 17.7. The summed E-state index contributed by atoms with van der Waals surface area (Å²) in [6.07, 6.45) is 2.27. The van der Waals surface area contributed by atoms with Gasteiger partial charge in [-0.2, -0.15) is 0 Å². The molecule has 0 amide bonds. The fourth-order valence-corrected chi connectivity index (χ4v) is 3.99. The van der Waals surface area contributed by atoms with Crippen molar-refractivity contribution in [2.24, 2.45) is 0 Å². The van der Waals surface area contributed by atoms with Gasteiger partial charge in [-0.1, -0.05) is 41.9 Å². The van der Waals surface area contributed by atoms with Crippen LogP contribution in [-0.4, -0.2) is 34.9 Å². The first-order chi connectivity index (χ1) is 13.6. The van der Waals surface area contributed by atoms with Crippen molar-refractivity contribution in [1.29, 1.82) is 0 Å². The second-order valence-electron chi connectivity index (χ2n) is 6.28. The van der Waals surface area contributed by atoms with Gasteiger partial charge < -0.3 is 10.1 Å². The molecule has 0 saturated carbocycles. The summed E-state index contributed by atoms with van der Waals surface area (Å²) in [7, 11) is 0. The van der Waals surface area contributed by atoms with Crippen molar-refractivity contribution in [3.05, 3.63) is 59.1 Å². The number of nitrogens with zero attached hydrogens (tertiary/aromatic N) is 1. The number of nitrogens with one attached hydrogen (secondary N) is 2. The van der Waals surface area contributed by atoms with Crippen molar-refractivity contribution in [2.45, 2.75) is 24.3 Å². The highest BCUT2D eigenvalue weighted by Gasteiger charge is 2.14. The summed E-state index contributed by atoms with van der Waals surface area (Å²) in [5.41, 5.74) is 5.07. The molecular weight excluding hydrogens is 414 g/mol. The Morgan fingerprint density at radius 2 is 2.07 bits per heavy atom. The van der Waals surface area contributed by atoms with Gasteiger partial charge in [0.05, 0.1) is 10.8 Å². The SMILES string of the molecule is O=C(CSc1cc(NC(=S)N2CCCCN2)ccc1Cl)OCc1ccccc1. The molecule has 148 valence electrons. The molecule has 1 fully saturated rings. The third-order valence-corrected chi connectivity index (χ3v) is 5.92. The molecule has 0 unspecified atom stereocenters. The summed E-state index contributed by atoms with van der Waals surface area (Å²) in [5.74, 6) is -0.0926. The maximum Gasteiger partial charge on any atom is 0.316 e. The Labute approximate surface area is 179 Å². The number of thioether (sulfide) groups is 1. The molecule has 1 aliphatic heterocycles. The average Bonchev–Trinajstić information content (AvgIpc) is 2.74. The third kappa shape index (κ3) is 6.38. The lowest BCUT2D eigenvalue weighted by molar-refractivity contribution is -0.141. The molecule has 3 rings (SSSR count). The molecule has 28 heavy (non-hydrogen) atoms. The Balaban J connectivity index is 1.51. The highest BCUT2D eigenvalue weighted by atomic mass is 35.5. The largest absolute Gasteiger partial charge is 0.460 e. The summed E-state index contributed by atoms with van der Waals surface area (Å²) in [6.45, 7) is 2.08. The van der Waals surface area contributed by atoms with Gasteiger partial charge >= 0.3 is 5.97 Å². The van der Waals surface area contributed by atoms with E-state index in [-0.39, 0.29) is 18.3 Å². The highest BCUT2D eigenvalue weighted by molar-refractivity contribution is 8.00. The Morgan fingerprint density at radius 3 is 2.82 bits per heavy atom. The van der Waals surface area contributed by atoms with Gasteiger partial charge in [0.2, 0.25) is 0 Å². The second kappa shape index (κ2) is 10.7. The number of halogens is 1. The number of esters is 1. The van der Waals surface area contributed by atoms with Gasteiger partial charge in [-0.05, 0) is 48.8 Å². The standard InChI is InChI=1S/C20H22ClN3O2S2/c21-17-9-8-16(23-20(27)24-11-5-4-10-22-24)12-18(17)28-14-19(25)26-13-15-6-2-1-3-7-15/h1-3,6-9,12,22H,4-5,10-11,13-14H2,(H,23,27). The van der Waals surface area contributed by atoms with Crippen LogP contribution in [0, 0.1) is 0 Å². The molecule has 2 aromatic rings. The molecule has 0 radical (unpaired) electrons. The van der Waals surface area contributed by atoms with Gasteiger partial charge in [-0.3, -0.25) is 9.80 Å². The fourth-order valence-electron chi connectivity index (χ4n) is 2.66.